The minimum absolute atomic E-state index is 0. The van der Waals surface area contributed by atoms with Crippen molar-refractivity contribution < 1.29 is 9.53 Å². The number of hydrogen-bond acceptors (Lipinski definition) is 3. The summed E-state index contributed by atoms with van der Waals surface area (Å²) < 4.78 is 5.13. The van der Waals surface area contributed by atoms with Crippen molar-refractivity contribution in [2.24, 2.45) is 4.99 Å². The van der Waals surface area contributed by atoms with E-state index in [0.717, 1.165) is 29.8 Å². The van der Waals surface area contributed by atoms with E-state index in [4.69, 9.17) is 4.74 Å². The number of carbonyl (C=O) groups excluding carboxylic acids is 1. The largest absolute Gasteiger partial charge is 0.497 e. The van der Waals surface area contributed by atoms with Crippen LogP contribution in [0.25, 0.3) is 10.9 Å². The normalized spacial score (nSPS) is 10.9. The number of hydrogen-bond donors (Lipinski definition) is 4. The number of rotatable bonds is 8. The van der Waals surface area contributed by atoms with E-state index in [0.29, 0.717) is 12.5 Å². The van der Waals surface area contributed by atoms with Crippen molar-refractivity contribution in [3.05, 3.63) is 65.9 Å². The Kier molecular flexibility index (Phi) is 9.46. The second kappa shape index (κ2) is 12.1. The number of benzene rings is 2. The summed E-state index contributed by atoms with van der Waals surface area (Å²) in [4.78, 5) is 19.5. The molecule has 0 spiro atoms. The summed E-state index contributed by atoms with van der Waals surface area (Å²) in [5, 5.41) is 10.4. The summed E-state index contributed by atoms with van der Waals surface area (Å²) in [6.45, 7) is 1.34. The molecule has 0 radical (unpaired) electrons. The number of nitrogens with one attached hydrogen (secondary N) is 4. The Morgan fingerprint density at radius 3 is 2.57 bits per heavy atom. The van der Waals surface area contributed by atoms with Gasteiger partial charge in [0.2, 0.25) is 5.91 Å². The first-order valence-corrected chi connectivity index (χ1v) is 9.58. The van der Waals surface area contributed by atoms with Gasteiger partial charge in [0.15, 0.2) is 5.96 Å². The first-order valence-electron chi connectivity index (χ1n) is 9.58. The van der Waals surface area contributed by atoms with Crippen LogP contribution in [0.1, 0.15) is 11.1 Å². The fourth-order valence-electron chi connectivity index (χ4n) is 3.05. The van der Waals surface area contributed by atoms with E-state index >= 15 is 0 Å². The molecular weight excluding hydrogens is 493 g/mol. The van der Waals surface area contributed by atoms with Crippen LogP contribution >= 0.6 is 24.0 Å². The molecule has 1 amide bonds. The fraction of sp³-hybridized carbons (Fsp3) is 0.273. The number of fused-ring (bicyclic) bond motifs is 1. The van der Waals surface area contributed by atoms with Crippen molar-refractivity contribution in [3.8, 4) is 5.75 Å². The van der Waals surface area contributed by atoms with Gasteiger partial charge in [0.1, 0.15) is 5.75 Å². The number of aromatic nitrogens is 1. The van der Waals surface area contributed by atoms with E-state index in [9.17, 15) is 4.79 Å². The monoisotopic (exact) mass is 521 g/mol. The zero-order chi connectivity index (χ0) is 20.5. The molecule has 0 bridgehead atoms. The maximum Gasteiger partial charge on any atom is 0.239 e. The summed E-state index contributed by atoms with van der Waals surface area (Å²) in [6, 6.07) is 15.8. The molecule has 30 heavy (non-hydrogen) atoms. The Balaban J connectivity index is 0.00000320. The fourth-order valence-corrected chi connectivity index (χ4v) is 3.05. The Bertz CT molecular complexity index is 969. The van der Waals surface area contributed by atoms with Crippen LogP contribution in [0.3, 0.4) is 0 Å². The summed E-state index contributed by atoms with van der Waals surface area (Å²) in [7, 11) is 3.32. The molecule has 0 saturated carbocycles. The lowest BCUT2D eigenvalue weighted by Crippen LogP contribution is -2.43. The molecule has 2 aromatic carbocycles. The SMILES string of the molecule is CN=C(NCCc1c[nH]c2ccccc12)NCC(=O)NCc1ccc(OC)cc1.I. The second-order valence-electron chi connectivity index (χ2n) is 6.59. The van der Waals surface area contributed by atoms with Crippen molar-refractivity contribution >= 4 is 46.7 Å². The van der Waals surface area contributed by atoms with Crippen molar-refractivity contribution in [2.45, 2.75) is 13.0 Å². The van der Waals surface area contributed by atoms with E-state index in [-0.39, 0.29) is 36.4 Å². The van der Waals surface area contributed by atoms with Crippen molar-refractivity contribution in [1.29, 1.82) is 0 Å². The summed E-state index contributed by atoms with van der Waals surface area (Å²) in [6.07, 6.45) is 2.89. The topological polar surface area (TPSA) is 90.5 Å². The van der Waals surface area contributed by atoms with Gasteiger partial charge in [-0.05, 0) is 35.7 Å². The van der Waals surface area contributed by atoms with Crippen LogP contribution in [-0.4, -0.2) is 44.1 Å². The van der Waals surface area contributed by atoms with Crippen LogP contribution < -0.4 is 20.7 Å². The molecule has 0 saturated heterocycles. The quantitative estimate of drug-likeness (QED) is 0.209. The number of carbonyl (C=O) groups is 1. The predicted molar refractivity (Wildman–Crippen MR) is 132 cm³/mol. The number of para-hydroxylation sites is 1. The van der Waals surface area contributed by atoms with Gasteiger partial charge in [-0.25, -0.2) is 0 Å². The van der Waals surface area contributed by atoms with Crippen LogP contribution in [0.4, 0.5) is 0 Å². The van der Waals surface area contributed by atoms with E-state index in [1.807, 2.05) is 42.6 Å². The number of nitrogens with zero attached hydrogens (tertiary/aromatic N) is 1. The van der Waals surface area contributed by atoms with Gasteiger partial charge >= 0.3 is 0 Å². The number of ether oxygens (including phenoxy) is 1. The molecule has 1 aromatic heterocycles. The molecule has 4 N–H and O–H groups in total. The molecule has 0 atom stereocenters. The third kappa shape index (κ3) is 6.65. The van der Waals surface area contributed by atoms with Gasteiger partial charge < -0.3 is 25.7 Å². The molecule has 0 aliphatic heterocycles. The zero-order valence-corrected chi connectivity index (χ0v) is 19.5. The lowest BCUT2D eigenvalue weighted by molar-refractivity contribution is -0.120. The van der Waals surface area contributed by atoms with E-state index in [1.54, 1.807) is 14.2 Å². The van der Waals surface area contributed by atoms with Gasteiger partial charge in [-0.3, -0.25) is 9.79 Å². The number of amides is 1. The molecule has 1 heterocycles. The number of aromatic amines is 1. The van der Waals surface area contributed by atoms with Gasteiger partial charge in [0.25, 0.3) is 0 Å². The first kappa shape index (κ1) is 23.5. The second-order valence-corrected chi connectivity index (χ2v) is 6.59. The molecule has 0 unspecified atom stereocenters. The van der Waals surface area contributed by atoms with Gasteiger partial charge in [0, 0.05) is 37.2 Å². The highest BCUT2D eigenvalue weighted by molar-refractivity contribution is 14.0. The smallest absolute Gasteiger partial charge is 0.239 e. The molecule has 0 aliphatic carbocycles. The minimum Gasteiger partial charge on any atom is -0.497 e. The molecule has 0 fully saturated rings. The molecule has 7 nitrogen and oxygen atoms in total. The van der Waals surface area contributed by atoms with Gasteiger partial charge in [-0.1, -0.05) is 30.3 Å². The number of guanidine groups is 1. The Morgan fingerprint density at radius 2 is 1.83 bits per heavy atom. The lowest BCUT2D eigenvalue weighted by Gasteiger charge is -2.12. The molecular formula is C22H28IN5O2. The predicted octanol–water partition coefficient (Wildman–Crippen LogP) is 2.82. The highest BCUT2D eigenvalue weighted by Crippen LogP contribution is 2.17. The summed E-state index contributed by atoms with van der Waals surface area (Å²) in [5.74, 6) is 1.30. The van der Waals surface area contributed by atoms with E-state index < -0.39 is 0 Å². The average Bonchev–Trinajstić information content (AvgIpc) is 3.18. The zero-order valence-electron chi connectivity index (χ0n) is 17.2. The van der Waals surface area contributed by atoms with Crippen LogP contribution in [0.2, 0.25) is 0 Å². The van der Waals surface area contributed by atoms with Crippen LogP contribution in [0.5, 0.6) is 5.75 Å². The molecule has 3 rings (SSSR count). The van der Waals surface area contributed by atoms with Gasteiger partial charge in [-0.2, -0.15) is 0 Å². The summed E-state index contributed by atoms with van der Waals surface area (Å²) in [5.41, 5.74) is 3.40. The first-order chi connectivity index (χ1) is 14.2. The van der Waals surface area contributed by atoms with E-state index in [2.05, 4.69) is 38.1 Å². The maximum atomic E-state index is 12.1. The highest BCUT2D eigenvalue weighted by Gasteiger charge is 2.06. The number of methoxy groups -OCH3 is 1. The van der Waals surface area contributed by atoms with Crippen LogP contribution in [0, 0.1) is 0 Å². The van der Waals surface area contributed by atoms with Gasteiger partial charge in [0.05, 0.1) is 13.7 Å². The lowest BCUT2D eigenvalue weighted by atomic mass is 10.1. The molecule has 8 heteroatoms. The van der Waals surface area contributed by atoms with Gasteiger partial charge in [-0.15, -0.1) is 24.0 Å². The number of H-pyrrole nitrogens is 1. The Morgan fingerprint density at radius 1 is 1.07 bits per heavy atom. The molecule has 3 aromatic rings. The highest BCUT2D eigenvalue weighted by atomic mass is 127. The third-order valence-electron chi connectivity index (χ3n) is 4.65. The molecule has 160 valence electrons. The number of halogens is 1. The number of aliphatic imine (C=N–C) groups is 1. The van der Waals surface area contributed by atoms with Crippen LogP contribution in [0.15, 0.2) is 59.7 Å². The third-order valence-corrected chi connectivity index (χ3v) is 4.65. The summed E-state index contributed by atoms with van der Waals surface area (Å²) >= 11 is 0. The van der Waals surface area contributed by atoms with Crippen molar-refractivity contribution in [2.75, 3.05) is 27.2 Å². The van der Waals surface area contributed by atoms with Crippen molar-refractivity contribution in [1.82, 2.24) is 20.9 Å². The van der Waals surface area contributed by atoms with Crippen molar-refractivity contribution in [3.63, 3.8) is 0 Å². The van der Waals surface area contributed by atoms with Crippen LogP contribution in [-0.2, 0) is 17.8 Å². The maximum absolute atomic E-state index is 12.1. The Hall–Kier alpha value is -2.75. The minimum atomic E-state index is -0.0969. The average molecular weight is 521 g/mol. The standard InChI is InChI=1S/C22H27N5O2.HI/c1-23-22(24-12-11-17-14-25-20-6-4-3-5-19(17)20)27-15-21(28)26-13-16-7-9-18(29-2)10-8-16;/h3-10,14,25H,11-13,15H2,1-2H3,(H,26,28)(H2,23,24,27);1H. The van der Waals surface area contributed by atoms with E-state index in [1.165, 1.54) is 10.9 Å². The Labute approximate surface area is 193 Å². The molecule has 0 aliphatic rings.